The Kier molecular flexibility index (Phi) is 5.06. The second-order valence-electron chi connectivity index (χ2n) is 4.08. The zero-order valence-electron chi connectivity index (χ0n) is 10.8. The van der Waals surface area contributed by atoms with Crippen molar-refractivity contribution < 1.29 is 33.6 Å². The highest BCUT2D eigenvalue weighted by Gasteiger charge is 2.48. The summed E-state index contributed by atoms with van der Waals surface area (Å²) in [5.41, 5.74) is 0. The van der Waals surface area contributed by atoms with Gasteiger partial charge < -0.3 is 24.1 Å². The lowest BCUT2D eigenvalue weighted by atomic mass is 9.99. The van der Waals surface area contributed by atoms with Crippen molar-refractivity contribution in [3.05, 3.63) is 0 Å². The van der Waals surface area contributed by atoms with E-state index >= 15 is 0 Å². The summed E-state index contributed by atoms with van der Waals surface area (Å²) in [6.45, 7) is 4.08. The average Bonchev–Trinajstić information content (AvgIpc) is 2.23. The molecule has 1 heterocycles. The molecule has 18 heavy (non-hydrogen) atoms. The SMILES string of the molecule is CO[C@H]1[C@@H](OC(C)=O)[C@H](OC(C)=O)[C@@H](O)O[C@H]1C. The summed E-state index contributed by atoms with van der Waals surface area (Å²) in [5.74, 6) is -1.16. The fraction of sp³-hybridized carbons (Fsp3) is 0.818. The van der Waals surface area contributed by atoms with E-state index in [2.05, 4.69) is 0 Å². The fourth-order valence-corrected chi connectivity index (χ4v) is 1.96. The maximum atomic E-state index is 11.1. The van der Waals surface area contributed by atoms with E-state index in [9.17, 15) is 14.7 Å². The Balaban J connectivity index is 2.93. The molecule has 7 heteroatoms. The Labute approximate surface area is 105 Å². The van der Waals surface area contributed by atoms with Gasteiger partial charge in [0.15, 0.2) is 18.5 Å². The van der Waals surface area contributed by atoms with Crippen LogP contribution in [0.3, 0.4) is 0 Å². The van der Waals surface area contributed by atoms with Gasteiger partial charge >= 0.3 is 11.9 Å². The molecule has 0 aliphatic carbocycles. The van der Waals surface area contributed by atoms with Crippen molar-refractivity contribution in [1.29, 1.82) is 0 Å². The predicted octanol–water partition coefficient (Wildman–Crippen LogP) is -0.398. The number of ether oxygens (including phenoxy) is 4. The highest BCUT2D eigenvalue weighted by Crippen LogP contribution is 2.26. The maximum Gasteiger partial charge on any atom is 0.303 e. The average molecular weight is 262 g/mol. The molecule has 0 saturated carbocycles. The first-order valence-electron chi connectivity index (χ1n) is 5.57. The molecular formula is C11H18O7. The van der Waals surface area contributed by atoms with Crippen LogP contribution in [0.5, 0.6) is 0 Å². The summed E-state index contributed by atoms with van der Waals surface area (Å²) in [5, 5.41) is 9.74. The van der Waals surface area contributed by atoms with E-state index < -0.39 is 42.6 Å². The smallest absolute Gasteiger partial charge is 0.303 e. The predicted molar refractivity (Wildman–Crippen MR) is 58.5 cm³/mol. The number of carbonyl (C=O) groups excluding carboxylic acids is 2. The zero-order chi connectivity index (χ0) is 13.9. The van der Waals surface area contributed by atoms with Crippen molar-refractivity contribution in [2.24, 2.45) is 0 Å². The van der Waals surface area contributed by atoms with E-state index in [1.807, 2.05) is 0 Å². The van der Waals surface area contributed by atoms with Gasteiger partial charge in [-0.2, -0.15) is 0 Å². The Morgan fingerprint density at radius 1 is 1.06 bits per heavy atom. The highest BCUT2D eigenvalue weighted by atomic mass is 16.7. The summed E-state index contributed by atoms with van der Waals surface area (Å²) in [4.78, 5) is 22.1. The molecule has 0 radical (unpaired) electrons. The first-order valence-corrected chi connectivity index (χ1v) is 5.57. The second kappa shape index (κ2) is 6.12. The van der Waals surface area contributed by atoms with E-state index in [0.29, 0.717) is 0 Å². The van der Waals surface area contributed by atoms with E-state index in [1.54, 1.807) is 6.92 Å². The van der Waals surface area contributed by atoms with E-state index in [-0.39, 0.29) is 0 Å². The second-order valence-corrected chi connectivity index (χ2v) is 4.08. The third-order valence-corrected chi connectivity index (χ3v) is 2.62. The highest BCUT2D eigenvalue weighted by molar-refractivity contribution is 5.67. The lowest BCUT2D eigenvalue weighted by Gasteiger charge is -2.41. The molecule has 5 atom stereocenters. The van der Waals surface area contributed by atoms with Gasteiger partial charge in [-0.25, -0.2) is 0 Å². The Morgan fingerprint density at radius 3 is 2.00 bits per heavy atom. The topological polar surface area (TPSA) is 91.3 Å². The minimum Gasteiger partial charge on any atom is -0.455 e. The summed E-state index contributed by atoms with van der Waals surface area (Å²) < 4.78 is 20.3. The number of hydrogen-bond acceptors (Lipinski definition) is 7. The van der Waals surface area contributed by atoms with Gasteiger partial charge in [-0.05, 0) is 6.92 Å². The molecule has 1 rings (SSSR count). The van der Waals surface area contributed by atoms with Crippen molar-refractivity contribution in [3.8, 4) is 0 Å². The number of carbonyl (C=O) groups is 2. The number of aliphatic hydroxyl groups excluding tert-OH is 1. The van der Waals surface area contributed by atoms with E-state index in [1.165, 1.54) is 21.0 Å². The number of esters is 2. The number of hydrogen-bond donors (Lipinski definition) is 1. The molecule has 0 amide bonds. The van der Waals surface area contributed by atoms with Gasteiger partial charge in [-0.15, -0.1) is 0 Å². The number of rotatable bonds is 3. The van der Waals surface area contributed by atoms with Crippen LogP contribution in [0.25, 0.3) is 0 Å². The van der Waals surface area contributed by atoms with Crippen LogP contribution < -0.4 is 0 Å². The van der Waals surface area contributed by atoms with Gasteiger partial charge in [-0.3, -0.25) is 9.59 Å². The fourth-order valence-electron chi connectivity index (χ4n) is 1.96. The van der Waals surface area contributed by atoms with E-state index in [4.69, 9.17) is 18.9 Å². The summed E-state index contributed by atoms with van der Waals surface area (Å²) in [7, 11) is 1.42. The zero-order valence-corrected chi connectivity index (χ0v) is 10.8. The molecule has 0 bridgehead atoms. The molecule has 0 aromatic carbocycles. The molecule has 1 N–H and O–H groups in total. The molecule has 0 unspecified atom stereocenters. The minimum atomic E-state index is -1.36. The molecule has 1 fully saturated rings. The van der Waals surface area contributed by atoms with Crippen molar-refractivity contribution in [2.75, 3.05) is 7.11 Å². The molecule has 104 valence electrons. The first-order chi connectivity index (χ1) is 8.36. The van der Waals surface area contributed by atoms with Crippen molar-refractivity contribution >= 4 is 11.9 Å². The Bertz CT molecular complexity index is 317. The van der Waals surface area contributed by atoms with Crippen LogP contribution in [0.15, 0.2) is 0 Å². The van der Waals surface area contributed by atoms with Gasteiger partial charge in [0.25, 0.3) is 0 Å². The summed E-state index contributed by atoms with van der Waals surface area (Å²) in [6.07, 6.45) is -4.50. The maximum absolute atomic E-state index is 11.1. The summed E-state index contributed by atoms with van der Waals surface area (Å²) in [6, 6.07) is 0. The normalized spacial score (nSPS) is 35.9. The van der Waals surface area contributed by atoms with Crippen LogP contribution in [0.4, 0.5) is 0 Å². The number of aliphatic hydroxyl groups is 1. The van der Waals surface area contributed by atoms with Crippen LogP contribution in [-0.4, -0.2) is 54.9 Å². The minimum absolute atomic E-state index is 0.499. The summed E-state index contributed by atoms with van der Waals surface area (Å²) >= 11 is 0. The number of methoxy groups -OCH3 is 1. The quantitative estimate of drug-likeness (QED) is 0.692. The molecule has 0 aromatic heterocycles. The van der Waals surface area contributed by atoms with Gasteiger partial charge in [0, 0.05) is 21.0 Å². The van der Waals surface area contributed by atoms with Gasteiger partial charge in [-0.1, -0.05) is 0 Å². The van der Waals surface area contributed by atoms with Crippen molar-refractivity contribution in [1.82, 2.24) is 0 Å². The molecule has 1 saturated heterocycles. The van der Waals surface area contributed by atoms with Crippen LogP contribution in [0, 0.1) is 0 Å². The first kappa shape index (κ1) is 14.9. The monoisotopic (exact) mass is 262 g/mol. The Morgan fingerprint density at radius 2 is 1.56 bits per heavy atom. The molecule has 1 aliphatic heterocycles. The standard InChI is InChI=1S/C11H18O7/c1-5-8(15-4)9(17-6(2)12)10(11(14)16-5)18-7(3)13/h5,8-11,14H,1-4H3/t5-,8+,9+,10-,11-/m0/s1. The van der Waals surface area contributed by atoms with Gasteiger partial charge in [0.05, 0.1) is 6.10 Å². The van der Waals surface area contributed by atoms with Gasteiger partial charge in [0.2, 0.25) is 0 Å². The lowest BCUT2D eigenvalue weighted by Crippen LogP contribution is -2.59. The van der Waals surface area contributed by atoms with Gasteiger partial charge in [0.1, 0.15) is 6.10 Å². The third-order valence-electron chi connectivity index (χ3n) is 2.62. The molecule has 7 nitrogen and oxygen atoms in total. The van der Waals surface area contributed by atoms with Crippen LogP contribution >= 0.6 is 0 Å². The third kappa shape index (κ3) is 3.41. The Hall–Kier alpha value is -1.18. The molecule has 1 aliphatic rings. The van der Waals surface area contributed by atoms with Crippen molar-refractivity contribution in [3.63, 3.8) is 0 Å². The lowest BCUT2D eigenvalue weighted by molar-refractivity contribution is -0.288. The van der Waals surface area contributed by atoms with Crippen LogP contribution in [0.2, 0.25) is 0 Å². The largest absolute Gasteiger partial charge is 0.455 e. The molecular weight excluding hydrogens is 244 g/mol. The van der Waals surface area contributed by atoms with E-state index in [0.717, 1.165) is 0 Å². The molecule has 0 aromatic rings. The molecule has 0 spiro atoms. The van der Waals surface area contributed by atoms with Crippen molar-refractivity contribution in [2.45, 2.75) is 51.5 Å². The van der Waals surface area contributed by atoms with Crippen LogP contribution in [0.1, 0.15) is 20.8 Å². The van der Waals surface area contributed by atoms with Crippen LogP contribution in [-0.2, 0) is 28.5 Å².